The summed E-state index contributed by atoms with van der Waals surface area (Å²) in [7, 11) is 0. The van der Waals surface area contributed by atoms with Crippen LogP contribution in [0.5, 0.6) is 0 Å². The maximum absolute atomic E-state index is 14.2. The number of hydrogen-bond donors (Lipinski definition) is 1. The lowest BCUT2D eigenvalue weighted by Gasteiger charge is -2.26. The van der Waals surface area contributed by atoms with E-state index in [-0.39, 0.29) is 28.7 Å². The van der Waals surface area contributed by atoms with Crippen LogP contribution in [0.4, 0.5) is 8.78 Å². The first-order chi connectivity index (χ1) is 12.9. The zero-order valence-electron chi connectivity index (χ0n) is 14.6. The second kappa shape index (κ2) is 7.84. The van der Waals surface area contributed by atoms with Crippen LogP contribution in [0.3, 0.4) is 0 Å². The average molecular weight is 392 g/mol. The molecule has 1 atom stereocenters. The lowest BCUT2D eigenvalue weighted by Crippen LogP contribution is -2.34. The van der Waals surface area contributed by atoms with Crippen LogP contribution in [0.1, 0.15) is 31.1 Å². The van der Waals surface area contributed by atoms with Crippen LogP contribution in [0, 0.1) is 11.6 Å². The van der Waals surface area contributed by atoms with Crippen LogP contribution in [0.2, 0.25) is 5.02 Å². The van der Waals surface area contributed by atoms with E-state index in [1.54, 1.807) is 13.8 Å². The number of amidine groups is 1. The van der Waals surface area contributed by atoms with Gasteiger partial charge in [-0.1, -0.05) is 17.7 Å². The minimum Gasteiger partial charge on any atom is -0.463 e. The molecule has 0 spiro atoms. The molecular formula is C19H16ClF2N3O2. The molecule has 0 fully saturated rings. The summed E-state index contributed by atoms with van der Waals surface area (Å²) in [4.78, 5) is 20.9. The van der Waals surface area contributed by atoms with Crippen molar-refractivity contribution in [1.29, 1.82) is 0 Å². The number of esters is 1. The van der Waals surface area contributed by atoms with Crippen molar-refractivity contribution in [3.8, 4) is 0 Å². The second-order valence-corrected chi connectivity index (χ2v) is 6.17. The lowest BCUT2D eigenvalue weighted by molar-refractivity contribution is -0.138. The van der Waals surface area contributed by atoms with E-state index >= 15 is 0 Å². The van der Waals surface area contributed by atoms with Crippen molar-refractivity contribution in [2.24, 2.45) is 4.99 Å². The van der Waals surface area contributed by atoms with Crippen molar-refractivity contribution >= 4 is 23.4 Å². The van der Waals surface area contributed by atoms with Gasteiger partial charge in [0.1, 0.15) is 17.6 Å². The van der Waals surface area contributed by atoms with E-state index in [9.17, 15) is 13.6 Å². The lowest BCUT2D eigenvalue weighted by atomic mass is 9.95. The molecule has 0 saturated heterocycles. The zero-order valence-corrected chi connectivity index (χ0v) is 15.3. The van der Waals surface area contributed by atoms with Gasteiger partial charge in [-0.3, -0.25) is 4.99 Å². The summed E-state index contributed by atoms with van der Waals surface area (Å²) < 4.78 is 32.8. The molecule has 0 radical (unpaired) electrons. The summed E-state index contributed by atoms with van der Waals surface area (Å²) in [6, 6.07) is 5.62. The predicted octanol–water partition coefficient (Wildman–Crippen LogP) is 3.94. The van der Waals surface area contributed by atoms with E-state index in [4.69, 9.17) is 16.3 Å². The number of aliphatic imine (C=N–C) groups is 1. The highest BCUT2D eigenvalue weighted by atomic mass is 35.5. The molecule has 3 rings (SSSR count). The van der Waals surface area contributed by atoms with Crippen LogP contribution in [0.25, 0.3) is 0 Å². The van der Waals surface area contributed by atoms with Crippen molar-refractivity contribution in [1.82, 2.24) is 10.3 Å². The maximum atomic E-state index is 14.2. The Bertz CT molecular complexity index is 960. The summed E-state index contributed by atoms with van der Waals surface area (Å²) >= 11 is 6.19. The van der Waals surface area contributed by atoms with Gasteiger partial charge in [0.2, 0.25) is 0 Å². The third-order valence-electron chi connectivity index (χ3n) is 3.98. The molecule has 0 bridgehead atoms. The van der Waals surface area contributed by atoms with Crippen molar-refractivity contribution in [3.63, 3.8) is 0 Å². The van der Waals surface area contributed by atoms with Crippen molar-refractivity contribution in [2.75, 3.05) is 6.61 Å². The molecule has 0 aliphatic carbocycles. The molecule has 0 saturated carbocycles. The molecular weight excluding hydrogens is 376 g/mol. The number of allylic oxidation sites excluding steroid dienone is 1. The van der Waals surface area contributed by atoms with Gasteiger partial charge in [-0.25, -0.2) is 18.6 Å². The number of benzene rings is 1. The predicted molar refractivity (Wildman–Crippen MR) is 97.4 cm³/mol. The Morgan fingerprint density at radius 3 is 2.78 bits per heavy atom. The third kappa shape index (κ3) is 3.83. The number of hydrogen-bond acceptors (Lipinski definition) is 5. The highest BCUT2D eigenvalue weighted by Gasteiger charge is 2.32. The van der Waals surface area contributed by atoms with Crippen LogP contribution in [-0.4, -0.2) is 23.4 Å². The molecule has 1 aromatic heterocycles. The first-order valence-corrected chi connectivity index (χ1v) is 8.58. The smallest absolute Gasteiger partial charge is 0.338 e. The molecule has 1 aliphatic rings. The number of nitrogens with zero attached hydrogens (tertiary/aromatic N) is 2. The van der Waals surface area contributed by atoms with Gasteiger partial charge in [-0.15, -0.1) is 0 Å². The fraction of sp³-hybridized carbons (Fsp3) is 0.211. The number of ether oxygens (including phenoxy) is 1. The Balaban J connectivity index is 2.15. The van der Waals surface area contributed by atoms with Gasteiger partial charge in [0.05, 0.1) is 12.2 Å². The molecule has 1 aliphatic heterocycles. The molecule has 2 heterocycles. The monoisotopic (exact) mass is 391 g/mol. The second-order valence-electron chi connectivity index (χ2n) is 5.76. The zero-order chi connectivity index (χ0) is 19.6. The van der Waals surface area contributed by atoms with E-state index in [0.29, 0.717) is 11.3 Å². The number of aromatic nitrogens is 1. The number of rotatable bonds is 4. The first-order valence-electron chi connectivity index (χ1n) is 8.21. The molecule has 2 aromatic rings. The van der Waals surface area contributed by atoms with Gasteiger partial charge in [-0.05, 0) is 38.1 Å². The molecule has 140 valence electrons. The number of carbonyl (C=O) groups is 1. The number of pyridine rings is 1. The molecule has 8 heteroatoms. The van der Waals surface area contributed by atoms with E-state index in [2.05, 4.69) is 15.3 Å². The van der Waals surface area contributed by atoms with E-state index in [0.717, 1.165) is 6.07 Å². The Morgan fingerprint density at radius 1 is 1.33 bits per heavy atom. The molecule has 1 aromatic carbocycles. The van der Waals surface area contributed by atoms with Crippen LogP contribution < -0.4 is 5.32 Å². The minimum absolute atomic E-state index is 0.00277. The Kier molecular flexibility index (Phi) is 5.51. The fourth-order valence-corrected chi connectivity index (χ4v) is 3.05. The standard InChI is InChI=1S/C19H16ClF2N3O2/c1-3-27-19(26)15-10(2)24-18(17-14(22)5-4-8-23-17)25-16(15)12-7-6-11(21)9-13(12)20/h4-9,16H,3H2,1-2H3,(H,24,25). The maximum Gasteiger partial charge on any atom is 0.338 e. The summed E-state index contributed by atoms with van der Waals surface area (Å²) in [6.07, 6.45) is 1.43. The van der Waals surface area contributed by atoms with Gasteiger partial charge < -0.3 is 10.1 Å². The topological polar surface area (TPSA) is 63.6 Å². The van der Waals surface area contributed by atoms with Crippen molar-refractivity contribution < 1.29 is 18.3 Å². The summed E-state index contributed by atoms with van der Waals surface area (Å²) in [6.45, 7) is 3.50. The Hall–Kier alpha value is -2.80. The molecule has 27 heavy (non-hydrogen) atoms. The number of carbonyl (C=O) groups excluding carboxylic acids is 1. The average Bonchev–Trinajstić information content (AvgIpc) is 2.61. The largest absolute Gasteiger partial charge is 0.463 e. The van der Waals surface area contributed by atoms with Crippen LogP contribution >= 0.6 is 11.6 Å². The van der Waals surface area contributed by atoms with Crippen LogP contribution in [0.15, 0.2) is 52.8 Å². The third-order valence-corrected chi connectivity index (χ3v) is 4.30. The number of halogens is 3. The van der Waals surface area contributed by atoms with E-state index in [1.807, 2.05) is 0 Å². The van der Waals surface area contributed by atoms with Crippen LogP contribution in [-0.2, 0) is 9.53 Å². The summed E-state index contributed by atoms with van der Waals surface area (Å²) in [5.41, 5.74) is 1.04. The number of nitrogens with one attached hydrogen (secondary N) is 1. The first kappa shape index (κ1) is 19.0. The van der Waals surface area contributed by atoms with Crippen molar-refractivity contribution in [2.45, 2.75) is 19.9 Å². The Morgan fingerprint density at radius 2 is 2.11 bits per heavy atom. The molecule has 5 nitrogen and oxygen atoms in total. The minimum atomic E-state index is -0.894. The summed E-state index contributed by atoms with van der Waals surface area (Å²) in [5, 5.41) is 3.00. The normalized spacial score (nSPS) is 16.6. The van der Waals surface area contributed by atoms with E-state index < -0.39 is 23.6 Å². The van der Waals surface area contributed by atoms with Gasteiger partial charge in [-0.2, -0.15) is 0 Å². The fourth-order valence-electron chi connectivity index (χ4n) is 2.78. The Labute approximate surface area is 159 Å². The quantitative estimate of drug-likeness (QED) is 0.802. The summed E-state index contributed by atoms with van der Waals surface area (Å²) in [5.74, 6) is -1.53. The van der Waals surface area contributed by atoms with Gasteiger partial charge in [0.25, 0.3) is 0 Å². The van der Waals surface area contributed by atoms with Crippen molar-refractivity contribution in [3.05, 3.63) is 75.7 Å². The molecule has 1 unspecified atom stereocenters. The van der Waals surface area contributed by atoms with Gasteiger partial charge in [0.15, 0.2) is 11.7 Å². The van der Waals surface area contributed by atoms with E-state index in [1.165, 1.54) is 30.5 Å². The molecule has 1 N–H and O–H groups in total. The highest BCUT2D eigenvalue weighted by molar-refractivity contribution is 6.31. The van der Waals surface area contributed by atoms with Gasteiger partial charge in [0, 0.05) is 22.5 Å². The molecule has 0 amide bonds. The van der Waals surface area contributed by atoms with Gasteiger partial charge >= 0.3 is 5.97 Å². The SMILES string of the molecule is CCOC(=O)C1=C(C)NC(c2ncccc2F)=NC1c1ccc(F)cc1Cl. The highest BCUT2D eigenvalue weighted by Crippen LogP contribution is 2.36.